The average molecular weight is 397 g/mol. The molecule has 1 unspecified atom stereocenters. The van der Waals surface area contributed by atoms with Gasteiger partial charge in [0.25, 0.3) is 11.6 Å². The van der Waals surface area contributed by atoms with Crippen LogP contribution in [0.1, 0.15) is 11.9 Å². The van der Waals surface area contributed by atoms with Crippen molar-refractivity contribution in [3.8, 4) is 11.5 Å². The molecule has 1 aliphatic heterocycles. The maximum absolute atomic E-state index is 11.3. The third-order valence-electron chi connectivity index (χ3n) is 4.63. The highest BCUT2D eigenvalue weighted by atomic mass is 32.2. The van der Waals surface area contributed by atoms with Gasteiger partial charge >= 0.3 is 0 Å². The van der Waals surface area contributed by atoms with Crippen LogP contribution in [0.5, 0.6) is 0 Å². The summed E-state index contributed by atoms with van der Waals surface area (Å²) in [5.41, 5.74) is 0.553. The van der Waals surface area contributed by atoms with Crippen LogP contribution in [-0.2, 0) is 0 Å². The fourth-order valence-corrected chi connectivity index (χ4v) is 4.02. The lowest BCUT2D eigenvalue weighted by molar-refractivity contribution is -0.384. The van der Waals surface area contributed by atoms with E-state index in [4.69, 9.17) is 4.52 Å². The van der Waals surface area contributed by atoms with Gasteiger partial charge in [-0.05, 0) is 25.2 Å². The summed E-state index contributed by atoms with van der Waals surface area (Å²) < 4.78 is 5.51. The number of non-ortho nitro benzene ring substituents is 1. The Morgan fingerprint density at radius 2 is 2.11 bits per heavy atom. The molecule has 2 heterocycles. The summed E-state index contributed by atoms with van der Waals surface area (Å²) in [6, 6.07) is 14.5. The van der Waals surface area contributed by atoms with Crippen molar-refractivity contribution in [2.75, 3.05) is 26.7 Å². The van der Waals surface area contributed by atoms with Crippen LogP contribution in [0.15, 0.2) is 62.8 Å². The van der Waals surface area contributed by atoms with E-state index in [1.165, 1.54) is 23.9 Å². The monoisotopic (exact) mass is 397 g/mol. The molecule has 2 aromatic carbocycles. The molecule has 3 aromatic rings. The number of aromatic nitrogens is 2. The molecule has 1 saturated heterocycles. The van der Waals surface area contributed by atoms with Crippen molar-refractivity contribution in [1.29, 1.82) is 0 Å². The number of hydrogen-bond donors (Lipinski definition) is 1. The van der Waals surface area contributed by atoms with E-state index in [0.29, 0.717) is 11.4 Å². The van der Waals surface area contributed by atoms with Gasteiger partial charge < -0.3 is 9.84 Å². The van der Waals surface area contributed by atoms with Crippen LogP contribution in [0.3, 0.4) is 0 Å². The summed E-state index contributed by atoms with van der Waals surface area (Å²) in [6.45, 7) is 2.54. The predicted molar refractivity (Wildman–Crippen MR) is 105 cm³/mol. The van der Waals surface area contributed by atoms with Gasteiger partial charge in [-0.25, -0.2) is 0 Å². The Kier molecular flexibility index (Phi) is 5.38. The maximum atomic E-state index is 11.3. The van der Waals surface area contributed by atoms with Gasteiger partial charge in [0.15, 0.2) is 5.82 Å². The second-order valence-corrected chi connectivity index (χ2v) is 7.63. The molecule has 0 radical (unpaired) electrons. The number of rotatable bonds is 5. The molecule has 4 rings (SSSR count). The SMILES string of the molecule is CN1CCNCC1c1noc(-c2cc([N+](=O)[O-])ccc2Sc2ccccc2)n1. The van der Waals surface area contributed by atoms with Crippen molar-refractivity contribution < 1.29 is 9.45 Å². The average Bonchev–Trinajstić information content (AvgIpc) is 3.19. The van der Waals surface area contributed by atoms with Gasteiger partial charge in [-0.15, -0.1) is 0 Å². The van der Waals surface area contributed by atoms with Crippen LogP contribution >= 0.6 is 11.8 Å². The molecule has 0 amide bonds. The largest absolute Gasteiger partial charge is 0.334 e. The van der Waals surface area contributed by atoms with E-state index in [1.807, 2.05) is 37.4 Å². The first-order chi connectivity index (χ1) is 13.6. The van der Waals surface area contributed by atoms with Crippen molar-refractivity contribution >= 4 is 17.4 Å². The van der Waals surface area contributed by atoms with E-state index < -0.39 is 4.92 Å². The Hall–Kier alpha value is -2.75. The molecular formula is C19H19N5O3S. The molecule has 1 N–H and O–H groups in total. The molecule has 8 nitrogen and oxygen atoms in total. The molecule has 1 fully saturated rings. The van der Waals surface area contributed by atoms with E-state index in [1.54, 1.807) is 6.07 Å². The third kappa shape index (κ3) is 3.91. The Morgan fingerprint density at radius 1 is 1.29 bits per heavy atom. The number of benzene rings is 2. The van der Waals surface area contributed by atoms with Crippen molar-refractivity contribution in [2.24, 2.45) is 0 Å². The summed E-state index contributed by atoms with van der Waals surface area (Å²) in [4.78, 5) is 19.4. The Labute approximate surface area is 166 Å². The molecule has 9 heteroatoms. The predicted octanol–water partition coefficient (Wildman–Crippen LogP) is 3.37. The van der Waals surface area contributed by atoms with Crippen molar-refractivity contribution in [2.45, 2.75) is 15.8 Å². The molecule has 0 bridgehead atoms. The number of nitrogens with zero attached hydrogens (tertiary/aromatic N) is 4. The van der Waals surface area contributed by atoms with E-state index >= 15 is 0 Å². The molecule has 0 aliphatic carbocycles. The molecule has 28 heavy (non-hydrogen) atoms. The molecule has 0 saturated carbocycles. The van der Waals surface area contributed by atoms with Crippen LogP contribution in [0.4, 0.5) is 5.69 Å². The zero-order chi connectivity index (χ0) is 19.5. The van der Waals surface area contributed by atoms with Gasteiger partial charge in [0.05, 0.1) is 16.5 Å². The highest BCUT2D eigenvalue weighted by molar-refractivity contribution is 7.99. The van der Waals surface area contributed by atoms with E-state index in [0.717, 1.165) is 29.4 Å². The summed E-state index contributed by atoms with van der Waals surface area (Å²) in [6.07, 6.45) is 0. The van der Waals surface area contributed by atoms with Crippen LogP contribution < -0.4 is 5.32 Å². The lowest BCUT2D eigenvalue weighted by atomic mass is 10.2. The standard InChI is InChI=1S/C19H19N5O3S/c1-23-10-9-20-12-16(23)18-21-19(27-22-18)15-11-13(24(25)26)7-8-17(15)28-14-5-3-2-4-6-14/h2-8,11,16,20H,9-10,12H2,1H3. The molecular weight excluding hydrogens is 378 g/mol. The second kappa shape index (κ2) is 8.09. The van der Waals surface area contributed by atoms with Gasteiger partial charge in [0.1, 0.15) is 0 Å². The quantitative estimate of drug-likeness (QED) is 0.517. The number of hydrogen-bond acceptors (Lipinski definition) is 8. The van der Waals surface area contributed by atoms with Crippen molar-refractivity contribution in [3.05, 3.63) is 64.5 Å². The second-order valence-electron chi connectivity index (χ2n) is 6.51. The van der Waals surface area contributed by atoms with Crippen LogP contribution in [0.25, 0.3) is 11.5 Å². The Balaban J connectivity index is 1.71. The minimum absolute atomic E-state index is 0.00942. The van der Waals surface area contributed by atoms with Crippen molar-refractivity contribution in [1.82, 2.24) is 20.4 Å². The Bertz CT molecular complexity index is 979. The summed E-state index contributed by atoms with van der Waals surface area (Å²) >= 11 is 1.50. The Morgan fingerprint density at radius 3 is 2.86 bits per heavy atom. The topological polar surface area (TPSA) is 97.3 Å². The minimum atomic E-state index is -0.420. The number of nitrogens with one attached hydrogen (secondary N) is 1. The lowest BCUT2D eigenvalue weighted by Gasteiger charge is -2.30. The van der Waals surface area contributed by atoms with Gasteiger partial charge in [-0.3, -0.25) is 15.0 Å². The van der Waals surface area contributed by atoms with Gasteiger partial charge in [0.2, 0.25) is 0 Å². The van der Waals surface area contributed by atoms with Gasteiger partial charge in [-0.1, -0.05) is 35.1 Å². The summed E-state index contributed by atoms with van der Waals surface area (Å²) in [5.74, 6) is 0.864. The number of likely N-dealkylation sites (N-methyl/N-ethyl adjacent to an activating group) is 1. The highest BCUT2D eigenvalue weighted by Gasteiger charge is 2.26. The first-order valence-corrected chi connectivity index (χ1v) is 9.70. The zero-order valence-corrected chi connectivity index (χ0v) is 16.1. The number of piperazine rings is 1. The lowest BCUT2D eigenvalue weighted by Crippen LogP contribution is -2.44. The number of nitro benzene ring substituents is 1. The smallest absolute Gasteiger partial charge is 0.270 e. The fourth-order valence-electron chi connectivity index (χ4n) is 3.08. The molecule has 0 spiro atoms. The van der Waals surface area contributed by atoms with Crippen molar-refractivity contribution in [3.63, 3.8) is 0 Å². The molecule has 1 aliphatic rings. The summed E-state index contributed by atoms with van der Waals surface area (Å²) in [5, 5.41) is 18.7. The molecule has 1 aromatic heterocycles. The normalized spacial score (nSPS) is 17.5. The van der Waals surface area contributed by atoms with Crippen LogP contribution in [0.2, 0.25) is 0 Å². The molecule has 1 atom stereocenters. The fraction of sp³-hybridized carbons (Fsp3) is 0.263. The molecule has 144 valence electrons. The van der Waals surface area contributed by atoms with E-state index in [2.05, 4.69) is 20.4 Å². The highest BCUT2D eigenvalue weighted by Crippen LogP contribution is 2.37. The van der Waals surface area contributed by atoms with E-state index in [9.17, 15) is 10.1 Å². The first-order valence-electron chi connectivity index (χ1n) is 8.88. The van der Waals surface area contributed by atoms with Crippen LogP contribution in [-0.4, -0.2) is 46.6 Å². The van der Waals surface area contributed by atoms with Gasteiger partial charge in [0, 0.05) is 41.6 Å². The van der Waals surface area contributed by atoms with Gasteiger partial charge in [-0.2, -0.15) is 4.98 Å². The minimum Gasteiger partial charge on any atom is -0.334 e. The summed E-state index contributed by atoms with van der Waals surface area (Å²) in [7, 11) is 2.02. The van der Waals surface area contributed by atoms with E-state index in [-0.39, 0.29) is 17.6 Å². The number of nitro groups is 1. The van der Waals surface area contributed by atoms with Crippen LogP contribution in [0, 0.1) is 10.1 Å². The maximum Gasteiger partial charge on any atom is 0.270 e. The third-order valence-corrected chi connectivity index (χ3v) is 5.71. The first kappa shape index (κ1) is 18.6. The zero-order valence-electron chi connectivity index (χ0n) is 15.2.